The summed E-state index contributed by atoms with van der Waals surface area (Å²) in [6.07, 6.45) is 0. The molecular weight excluding hydrogens is 297 g/mol. The summed E-state index contributed by atoms with van der Waals surface area (Å²) in [5.74, 6) is -3.78. The van der Waals surface area contributed by atoms with Gasteiger partial charge in [-0.2, -0.15) is 0 Å². The lowest BCUT2D eigenvalue weighted by Crippen LogP contribution is -2.02. The van der Waals surface area contributed by atoms with E-state index in [2.05, 4.69) is 0 Å². The minimum atomic E-state index is -1.38. The van der Waals surface area contributed by atoms with E-state index in [1.807, 2.05) is 0 Å². The number of halogens is 4. The predicted octanol–water partition coefficient (Wildman–Crippen LogP) is 4.64. The highest BCUT2D eigenvalue weighted by Gasteiger charge is 2.19. The number of carbonyl (C=O) groups is 1. The summed E-state index contributed by atoms with van der Waals surface area (Å²) in [7, 11) is 0. The second-order valence-electron chi connectivity index (χ2n) is 3.72. The van der Waals surface area contributed by atoms with E-state index in [4.69, 9.17) is 28.3 Å². The molecule has 2 aromatic rings. The number of aromatic carboxylic acids is 1. The highest BCUT2D eigenvalue weighted by atomic mass is 35.5. The summed E-state index contributed by atoms with van der Waals surface area (Å²) in [5, 5.41) is 9.31. The van der Waals surface area contributed by atoms with Gasteiger partial charge in [0.05, 0.1) is 15.6 Å². The fourth-order valence-corrected chi connectivity index (χ4v) is 2.06. The van der Waals surface area contributed by atoms with Gasteiger partial charge in [0.2, 0.25) is 0 Å². The third-order valence-electron chi connectivity index (χ3n) is 2.53. The molecule has 0 aliphatic heterocycles. The molecular formula is C13H6Cl2F2O2. The minimum Gasteiger partial charge on any atom is -0.478 e. The lowest BCUT2D eigenvalue weighted by Gasteiger charge is -2.10. The molecule has 0 saturated heterocycles. The Labute approximate surface area is 117 Å². The molecule has 0 heterocycles. The fraction of sp³-hybridized carbons (Fsp3) is 0. The van der Waals surface area contributed by atoms with Crippen LogP contribution in [-0.4, -0.2) is 11.1 Å². The molecule has 0 unspecified atom stereocenters. The number of rotatable bonds is 2. The van der Waals surface area contributed by atoms with Crippen LogP contribution in [0.15, 0.2) is 30.3 Å². The van der Waals surface area contributed by atoms with Gasteiger partial charge in [-0.3, -0.25) is 0 Å². The Hall–Kier alpha value is -1.65. The molecule has 1 N–H and O–H groups in total. The number of benzene rings is 2. The Morgan fingerprint density at radius 2 is 1.68 bits per heavy atom. The maximum Gasteiger partial charge on any atom is 0.336 e. The number of hydrogen-bond donors (Lipinski definition) is 1. The van der Waals surface area contributed by atoms with Crippen LogP contribution in [0.1, 0.15) is 10.4 Å². The van der Waals surface area contributed by atoms with Crippen LogP contribution in [0.2, 0.25) is 10.0 Å². The van der Waals surface area contributed by atoms with Crippen molar-refractivity contribution >= 4 is 29.2 Å². The molecule has 2 aromatic carbocycles. The van der Waals surface area contributed by atoms with Crippen molar-refractivity contribution in [1.29, 1.82) is 0 Å². The van der Waals surface area contributed by atoms with Gasteiger partial charge in [-0.25, -0.2) is 13.6 Å². The van der Waals surface area contributed by atoms with E-state index >= 15 is 0 Å². The first kappa shape index (κ1) is 13.8. The second-order valence-corrected chi connectivity index (χ2v) is 4.50. The van der Waals surface area contributed by atoms with Crippen LogP contribution in [0, 0.1) is 11.6 Å². The van der Waals surface area contributed by atoms with E-state index in [1.54, 1.807) is 0 Å². The zero-order chi connectivity index (χ0) is 14.2. The maximum absolute atomic E-state index is 13.3. The molecule has 98 valence electrons. The molecule has 0 aromatic heterocycles. The van der Waals surface area contributed by atoms with Crippen LogP contribution in [0.4, 0.5) is 8.78 Å². The van der Waals surface area contributed by atoms with Gasteiger partial charge in [-0.05, 0) is 18.2 Å². The molecule has 2 nitrogen and oxygen atoms in total. The SMILES string of the molecule is O=C(O)c1cc(F)c(F)cc1-c1cccc(Cl)c1Cl. The molecule has 2 rings (SSSR count). The molecule has 19 heavy (non-hydrogen) atoms. The van der Waals surface area contributed by atoms with E-state index in [-0.39, 0.29) is 26.7 Å². The van der Waals surface area contributed by atoms with Crippen LogP contribution in [0.5, 0.6) is 0 Å². The highest BCUT2D eigenvalue weighted by molar-refractivity contribution is 6.43. The van der Waals surface area contributed by atoms with Crippen molar-refractivity contribution in [2.24, 2.45) is 0 Å². The monoisotopic (exact) mass is 302 g/mol. The van der Waals surface area contributed by atoms with Crippen molar-refractivity contribution in [3.05, 3.63) is 57.6 Å². The first-order valence-electron chi connectivity index (χ1n) is 5.08. The molecule has 0 fully saturated rings. The van der Waals surface area contributed by atoms with E-state index in [1.165, 1.54) is 18.2 Å². The first-order valence-corrected chi connectivity index (χ1v) is 5.84. The summed E-state index contributed by atoms with van der Waals surface area (Å²) in [4.78, 5) is 11.1. The topological polar surface area (TPSA) is 37.3 Å². The van der Waals surface area contributed by atoms with Crippen molar-refractivity contribution in [3.8, 4) is 11.1 Å². The van der Waals surface area contributed by atoms with Crippen LogP contribution in [0.3, 0.4) is 0 Å². The van der Waals surface area contributed by atoms with Gasteiger partial charge in [-0.1, -0.05) is 35.3 Å². The van der Waals surface area contributed by atoms with Gasteiger partial charge in [0.25, 0.3) is 0 Å². The normalized spacial score (nSPS) is 10.5. The van der Waals surface area contributed by atoms with E-state index in [0.29, 0.717) is 6.07 Å². The van der Waals surface area contributed by atoms with Crippen molar-refractivity contribution in [3.63, 3.8) is 0 Å². The average molecular weight is 303 g/mol. The summed E-state index contributed by atoms with van der Waals surface area (Å²) in [6, 6.07) is 5.93. The third-order valence-corrected chi connectivity index (χ3v) is 3.35. The number of hydrogen-bond acceptors (Lipinski definition) is 1. The van der Waals surface area contributed by atoms with E-state index in [0.717, 1.165) is 6.07 Å². The number of carboxylic acid groups (broad SMARTS) is 1. The van der Waals surface area contributed by atoms with E-state index in [9.17, 15) is 13.6 Å². The first-order chi connectivity index (χ1) is 8.91. The molecule has 6 heteroatoms. The van der Waals surface area contributed by atoms with Crippen molar-refractivity contribution in [2.75, 3.05) is 0 Å². The van der Waals surface area contributed by atoms with Gasteiger partial charge < -0.3 is 5.11 Å². The molecule has 0 bridgehead atoms. The zero-order valence-electron chi connectivity index (χ0n) is 9.25. The Morgan fingerprint density at radius 1 is 1.05 bits per heavy atom. The summed E-state index contributed by atoms with van der Waals surface area (Å²) in [6.45, 7) is 0. The fourth-order valence-electron chi connectivity index (χ4n) is 1.66. The lowest BCUT2D eigenvalue weighted by atomic mass is 9.99. The summed E-state index contributed by atoms with van der Waals surface area (Å²) in [5.41, 5.74) is -0.188. The Balaban J connectivity index is 2.77. The maximum atomic E-state index is 13.3. The van der Waals surface area contributed by atoms with Gasteiger partial charge in [0, 0.05) is 11.1 Å². The van der Waals surface area contributed by atoms with Crippen molar-refractivity contribution < 1.29 is 18.7 Å². The quantitative estimate of drug-likeness (QED) is 0.877. The van der Waals surface area contributed by atoms with E-state index < -0.39 is 17.6 Å². The molecule has 0 atom stereocenters. The van der Waals surface area contributed by atoms with Gasteiger partial charge in [-0.15, -0.1) is 0 Å². The minimum absolute atomic E-state index is 0.0288. The largest absolute Gasteiger partial charge is 0.478 e. The Bertz CT molecular complexity index is 672. The van der Waals surface area contributed by atoms with Crippen LogP contribution >= 0.6 is 23.2 Å². The molecule has 0 amide bonds. The van der Waals surface area contributed by atoms with Gasteiger partial charge >= 0.3 is 5.97 Å². The average Bonchev–Trinajstić information content (AvgIpc) is 2.35. The Morgan fingerprint density at radius 3 is 2.32 bits per heavy atom. The van der Waals surface area contributed by atoms with Crippen molar-refractivity contribution in [2.45, 2.75) is 0 Å². The summed E-state index contributed by atoms with van der Waals surface area (Å²) < 4.78 is 26.4. The van der Waals surface area contributed by atoms with Crippen LogP contribution < -0.4 is 0 Å². The van der Waals surface area contributed by atoms with Gasteiger partial charge in [0.15, 0.2) is 11.6 Å². The highest BCUT2D eigenvalue weighted by Crippen LogP contribution is 2.36. The third kappa shape index (κ3) is 2.55. The molecule has 0 aliphatic carbocycles. The molecule has 0 radical (unpaired) electrons. The molecule has 0 spiro atoms. The number of carboxylic acids is 1. The Kier molecular flexibility index (Phi) is 3.73. The van der Waals surface area contributed by atoms with Gasteiger partial charge in [0.1, 0.15) is 0 Å². The molecule has 0 aliphatic rings. The van der Waals surface area contributed by atoms with Crippen molar-refractivity contribution in [1.82, 2.24) is 0 Å². The standard InChI is InChI=1S/C13H6Cl2F2O2/c14-9-3-1-2-6(12(9)15)7-4-10(16)11(17)5-8(7)13(18)19/h1-5H,(H,18,19). The van der Waals surface area contributed by atoms with Crippen LogP contribution in [-0.2, 0) is 0 Å². The van der Waals surface area contributed by atoms with Crippen LogP contribution in [0.25, 0.3) is 11.1 Å². The lowest BCUT2D eigenvalue weighted by molar-refractivity contribution is 0.0697. The smallest absolute Gasteiger partial charge is 0.336 e. The predicted molar refractivity (Wildman–Crippen MR) is 68.8 cm³/mol. The zero-order valence-corrected chi connectivity index (χ0v) is 10.8. The summed E-state index contributed by atoms with van der Waals surface area (Å²) >= 11 is 11.8. The second kappa shape index (κ2) is 5.15. The molecule has 0 saturated carbocycles.